The summed E-state index contributed by atoms with van der Waals surface area (Å²) in [5, 5.41) is 3.32. The highest BCUT2D eigenvalue weighted by molar-refractivity contribution is 5.81. The summed E-state index contributed by atoms with van der Waals surface area (Å²) in [7, 11) is 0. The molecule has 1 N–H and O–H groups in total. The van der Waals surface area contributed by atoms with E-state index in [1.165, 1.54) is 5.56 Å². The number of amides is 1. The first-order valence-corrected chi connectivity index (χ1v) is 10.8. The number of carbonyl (C=O) groups is 1. The van der Waals surface area contributed by atoms with Crippen LogP contribution in [0.3, 0.4) is 0 Å². The summed E-state index contributed by atoms with van der Waals surface area (Å²) < 4.78 is 0. The Labute approximate surface area is 175 Å². The van der Waals surface area contributed by atoms with Gasteiger partial charge in [0.15, 0.2) is 0 Å². The van der Waals surface area contributed by atoms with Crippen LogP contribution in [0.25, 0.3) is 0 Å². The molecule has 4 heteroatoms. The number of hydrogen-bond donors (Lipinski definition) is 1. The molecule has 0 unspecified atom stereocenters. The van der Waals surface area contributed by atoms with Crippen LogP contribution < -0.4 is 5.32 Å². The van der Waals surface area contributed by atoms with Crippen molar-refractivity contribution in [2.45, 2.75) is 52.5 Å². The molecule has 0 bridgehead atoms. The Kier molecular flexibility index (Phi) is 7.07. The van der Waals surface area contributed by atoms with Gasteiger partial charge in [0.05, 0.1) is 11.7 Å². The summed E-state index contributed by atoms with van der Waals surface area (Å²) >= 11 is 0. The fourth-order valence-corrected chi connectivity index (χ4v) is 4.15. The smallest absolute Gasteiger partial charge is 0.225 e. The lowest BCUT2D eigenvalue weighted by atomic mass is 9.86. The fourth-order valence-electron chi connectivity index (χ4n) is 4.15. The van der Waals surface area contributed by atoms with E-state index in [9.17, 15) is 4.79 Å². The van der Waals surface area contributed by atoms with Crippen LogP contribution in [0.5, 0.6) is 0 Å². The van der Waals surface area contributed by atoms with Crippen molar-refractivity contribution in [3.05, 3.63) is 66.0 Å². The molecule has 0 saturated carbocycles. The maximum Gasteiger partial charge on any atom is 0.225 e. The summed E-state index contributed by atoms with van der Waals surface area (Å²) in [6.45, 7) is 11.4. The van der Waals surface area contributed by atoms with Crippen molar-refractivity contribution in [1.29, 1.82) is 0 Å². The van der Waals surface area contributed by atoms with Crippen LogP contribution in [0, 0.1) is 11.3 Å². The van der Waals surface area contributed by atoms with Gasteiger partial charge in [-0.15, -0.1) is 0 Å². The second kappa shape index (κ2) is 9.53. The fraction of sp³-hybridized carbons (Fsp3) is 0.520. The molecule has 2 heterocycles. The van der Waals surface area contributed by atoms with Crippen molar-refractivity contribution < 1.29 is 4.79 Å². The van der Waals surface area contributed by atoms with E-state index >= 15 is 0 Å². The van der Waals surface area contributed by atoms with Crippen molar-refractivity contribution in [1.82, 2.24) is 15.2 Å². The molecule has 4 nitrogen and oxygen atoms in total. The Morgan fingerprint density at radius 1 is 1.17 bits per heavy atom. The zero-order valence-corrected chi connectivity index (χ0v) is 18.3. The normalized spacial score (nSPS) is 20.1. The van der Waals surface area contributed by atoms with E-state index in [1.54, 1.807) is 0 Å². The molecule has 1 aromatic carbocycles. The summed E-state index contributed by atoms with van der Waals surface area (Å²) in [5.74, 6) is 0.947. The van der Waals surface area contributed by atoms with Crippen LogP contribution >= 0.6 is 0 Å². The monoisotopic (exact) mass is 393 g/mol. The van der Waals surface area contributed by atoms with Gasteiger partial charge in [0, 0.05) is 24.7 Å². The summed E-state index contributed by atoms with van der Waals surface area (Å²) in [6.07, 6.45) is 4.09. The number of pyridine rings is 1. The molecule has 156 valence electrons. The number of aromatic nitrogens is 1. The molecule has 29 heavy (non-hydrogen) atoms. The van der Waals surface area contributed by atoms with Gasteiger partial charge < -0.3 is 10.2 Å². The second-order valence-corrected chi connectivity index (χ2v) is 9.43. The lowest BCUT2D eigenvalue weighted by molar-refractivity contribution is -0.130. The number of carbonyl (C=O) groups excluding carboxylic acids is 1. The number of piperidine rings is 1. The third-order valence-electron chi connectivity index (χ3n) is 5.89. The zero-order valence-electron chi connectivity index (χ0n) is 18.3. The molecule has 0 spiro atoms. The van der Waals surface area contributed by atoms with Gasteiger partial charge in [-0.1, -0.05) is 64.1 Å². The number of nitrogens with zero attached hydrogens (tertiary/aromatic N) is 2. The standard InChI is InChI=1S/C25H35N3O/c1-19(20-11-6-5-7-12-20)17-28-16-10-13-21(18-28)23(22-14-8-9-15-26-22)27-24(29)25(2,3)4/h5-9,11-12,14-15,19,21,23H,10,13,16-18H2,1-4H3,(H,27,29)/t19-,21-,23+/m1/s1. The van der Waals surface area contributed by atoms with Gasteiger partial charge in [-0.25, -0.2) is 0 Å². The van der Waals surface area contributed by atoms with Gasteiger partial charge in [0.1, 0.15) is 0 Å². The van der Waals surface area contributed by atoms with Crippen molar-refractivity contribution >= 4 is 5.91 Å². The predicted octanol–water partition coefficient (Wildman–Crippen LogP) is 4.80. The first-order chi connectivity index (χ1) is 13.8. The Balaban J connectivity index is 1.73. The van der Waals surface area contributed by atoms with E-state index in [0.29, 0.717) is 11.8 Å². The van der Waals surface area contributed by atoms with Gasteiger partial charge in [-0.2, -0.15) is 0 Å². The first kappa shape index (κ1) is 21.5. The molecule has 3 rings (SSSR count). The molecule has 0 aliphatic carbocycles. The van der Waals surface area contributed by atoms with Crippen LogP contribution in [-0.2, 0) is 4.79 Å². The van der Waals surface area contributed by atoms with Crippen molar-refractivity contribution in [2.24, 2.45) is 11.3 Å². The van der Waals surface area contributed by atoms with Crippen LogP contribution in [-0.4, -0.2) is 35.4 Å². The summed E-state index contributed by atoms with van der Waals surface area (Å²) in [6, 6.07) is 16.7. The van der Waals surface area contributed by atoms with Gasteiger partial charge in [0.2, 0.25) is 5.91 Å². The minimum Gasteiger partial charge on any atom is -0.347 e. The quantitative estimate of drug-likeness (QED) is 0.767. The van der Waals surface area contributed by atoms with Crippen LogP contribution in [0.2, 0.25) is 0 Å². The third-order valence-corrected chi connectivity index (χ3v) is 5.89. The maximum atomic E-state index is 12.8. The Hall–Kier alpha value is -2.20. The average Bonchev–Trinajstić information content (AvgIpc) is 2.72. The average molecular weight is 394 g/mol. The molecule has 1 aliphatic rings. The minimum absolute atomic E-state index is 0.0437. The molecule has 1 aliphatic heterocycles. The number of hydrogen-bond acceptors (Lipinski definition) is 3. The van der Waals surface area contributed by atoms with Gasteiger partial charge in [0.25, 0.3) is 0 Å². The molecule has 3 atom stereocenters. The van der Waals surface area contributed by atoms with Crippen molar-refractivity contribution in [3.63, 3.8) is 0 Å². The second-order valence-electron chi connectivity index (χ2n) is 9.43. The molecule has 1 aromatic heterocycles. The Morgan fingerprint density at radius 3 is 2.55 bits per heavy atom. The van der Waals surface area contributed by atoms with Crippen LogP contribution in [0.4, 0.5) is 0 Å². The highest BCUT2D eigenvalue weighted by atomic mass is 16.2. The van der Waals surface area contributed by atoms with Crippen LogP contribution in [0.15, 0.2) is 54.7 Å². The Morgan fingerprint density at radius 2 is 1.90 bits per heavy atom. The van der Waals surface area contributed by atoms with E-state index in [1.807, 2.05) is 45.2 Å². The predicted molar refractivity (Wildman–Crippen MR) is 119 cm³/mol. The van der Waals surface area contributed by atoms with E-state index in [2.05, 4.69) is 52.5 Å². The first-order valence-electron chi connectivity index (χ1n) is 10.8. The van der Waals surface area contributed by atoms with E-state index < -0.39 is 5.41 Å². The number of likely N-dealkylation sites (tertiary alicyclic amines) is 1. The molecular weight excluding hydrogens is 358 g/mol. The number of benzene rings is 1. The topological polar surface area (TPSA) is 45.2 Å². The van der Waals surface area contributed by atoms with Crippen molar-refractivity contribution in [3.8, 4) is 0 Å². The molecule has 1 saturated heterocycles. The van der Waals surface area contributed by atoms with Gasteiger partial charge in [-0.05, 0) is 48.9 Å². The number of nitrogens with one attached hydrogen (secondary N) is 1. The van der Waals surface area contributed by atoms with Gasteiger partial charge >= 0.3 is 0 Å². The lowest BCUT2D eigenvalue weighted by Crippen LogP contribution is -2.46. The molecule has 1 fully saturated rings. The van der Waals surface area contributed by atoms with Crippen molar-refractivity contribution in [2.75, 3.05) is 19.6 Å². The largest absolute Gasteiger partial charge is 0.347 e. The van der Waals surface area contributed by atoms with E-state index in [4.69, 9.17) is 0 Å². The molecule has 1 amide bonds. The van der Waals surface area contributed by atoms with Crippen LogP contribution in [0.1, 0.15) is 63.8 Å². The Bertz CT molecular complexity index is 770. The summed E-state index contributed by atoms with van der Waals surface area (Å²) in [5.41, 5.74) is 1.94. The van der Waals surface area contributed by atoms with E-state index in [0.717, 1.165) is 38.2 Å². The highest BCUT2D eigenvalue weighted by Gasteiger charge is 2.33. The molecule has 2 aromatic rings. The number of rotatable bonds is 6. The summed E-state index contributed by atoms with van der Waals surface area (Å²) in [4.78, 5) is 19.9. The third kappa shape index (κ3) is 5.89. The molecule has 0 radical (unpaired) electrons. The minimum atomic E-state index is -0.413. The highest BCUT2D eigenvalue weighted by Crippen LogP contribution is 2.31. The van der Waals surface area contributed by atoms with Gasteiger partial charge in [-0.3, -0.25) is 9.78 Å². The zero-order chi connectivity index (χ0) is 20.9. The van der Waals surface area contributed by atoms with E-state index in [-0.39, 0.29) is 11.9 Å². The maximum absolute atomic E-state index is 12.8. The molecular formula is C25H35N3O. The lowest BCUT2D eigenvalue weighted by Gasteiger charge is -2.39. The SMILES string of the molecule is C[C@H](CN1CCC[C@@H]([C@H](NC(=O)C(C)(C)C)c2ccccn2)C1)c1ccccc1.